The molecule has 11 heteroatoms. The first-order valence-corrected chi connectivity index (χ1v) is 13.6. The highest BCUT2D eigenvalue weighted by Gasteiger charge is 2.32. The molecule has 0 aliphatic carbocycles. The van der Waals surface area contributed by atoms with Gasteiger partial charge in [0.2, 0.25) is 0 Å². The van der Waals surface area contributed by atoms with Gasteiger partial charge in [0, 0.05) is 49.2 Å². The van der Waals surface area contributed by atoms with Gasteiger partial charge in [-0.2, -0.15) is 0 Å². The highest BCUT2D eigenvalue weighted by molar-refractivity contribution is 5.85. The summed E-state index contributed by atoms with van der Waals surface area (Å²) in [6.45, 7) is 9.40. The third-order valence-electron chi connectivity index (χ3n) is 7.33. The second-order valence-electron chi connectivity index (χ2n) is 11.2. The molecule has 5 rings (SSSR count). The summed E-state index contributed by atoms with van der Waals surface area (Å²) in [6.07, 6.45) is 2.31. The molecule has 3 aromatic rings. The number of aromatic nitrogens is 2. The van der Waals surface area contributed by atoms with Gasteiger partial charge in [-0.1, -0.05) is 0 Å². The second-order valence-corrected chi connectivity index (χ2v) is 11.2. The van der Waals surface area contributed by atoms with Crippen molar-refractivity contribution >= 4 is 17.0 Å². The number of rotatable bonds is 6. The lowest BCUT2D eigenvalue weighted by atomic mass is 10.1. The minimum Gasteiger partial charge on any atom is -0.507 e. The maximum atomic E-state index is 13.9. The van der Waals surface area contributed by atoms with Crippen LogP contribution < -0.4 is 15.0 Å². The molecule has 1 N–H and O–H groups in total. The van der Waals surface area contributed by atoms with Crippen molar-refractivity contribution in [2.24, 2.45) is 0 Å². The Labute approximate surface area is 231 Å². The van der Waals surface area contributed by atoms with E-state index in [9.17, 15) is 19.1 Å². The summed E-state index contributed by atoms with van der Waals surface area (Å²) in [7, 11) is 0. The Kier molecular flexibility index (Phi) is 7.84. The largest absolute Gasteiger partial charge is 0.507 e. The Bertz CT molecular complexity index is 1440. The van der Waals surface area contributed by atoms with Crippen molar-refractivity contribution in [3.8, 4) is 17.2 Å². The van der Waals surface area contributed by atoms with Crippen molar-refractivity contribution < 1.29 is 28.5 Å². The van der Waals surface area contributed by atoms with Gasteiger partial charge >= 0.3 is 6.09 Å². The van der Waals surface area contributed by atoms with Crippen molar-refractivity contribution in [2.75, 3.05) is 32.8 Å². The van der Waals surface area contributed by atoms with Gasteiger partial charge in [-0.3, -0.25) is 14.7 Å². The lowest BCUT2D eigenvalue weighted by molar-refractivity contribution is 0.00868. The van der Waals surface area contributed by atoms with Crippen LogP contribution >= 0.6 is 0 Å². The predicted molar refractivity (Wildman–Crippen MR) is 146 cm³/mol. The van der Waals surface area contributed by atoms with Gasteiger partial charge in [0.25, 0.3) is 5.56 Å². The Hall–Kier alpha value is -3.86. The van der Waals surface area contributed by atoms with Crippen molar-refractivity contribution in [1.82, 2.24) is 19.4 Å². The monoisotopic (exact) mass is 554 g/mol. The van der Waals surface area contributed by atoms with E-state index in [2.05, 4.69) is 9.88 Å². The molecule has 1 aromatic carbocycles. The van der Waals surface area contributed by atoms with Crippen LogP contribution in [0.25, 0.3) is 10.9 Å². The van der Waals surface area contributed by atoms with Gasteiger partial charge in [-0.15, -0.1) is 0 Å². The molecule has 4 heterocycles. The Morgan fingerprint density at radius 1 is 1.12 bits per heavy atom. The molecule has 0 atom stereocenters. The molecule has 40 heavy (non-hydrogen) atoms. The molecule has 0 bridgehead atoms. The molecular formula is C29H35FN4O6. The predicted octanol–water partition coefficient (Wildman–Crippen LogP) is 3.91. The first-order chi connectivity index (χ1) is 19.1. The SMILES string of the molecule is CC(C)(C)N(Cc1cc2c(cn1)OCCO2)C(=O)OC1CCN(CCn2c(=O)cc(O)c3ccc(F)cc32)CC1. The highest BCUT2D eigenvalue weighted by atomic mass is 19.1. The topological polar surface area (TPSA) is 106 Å². The van der Waals surface area contributed by atoms with Crippen LogP contribution in [0.2, 0.25) is 0 Å². The molecule has 214 valence electrons. The molecule has 0 unspecified atom stereocenters. The van der Waals surface area contributed by atoms with Crippen molar-refractivity contribution in [3.63, 3.8) is 0 Å². The molecule has 0 saturated carbocycles. The first-order valence-electron chi connectivity index (χ1n) is 13.6. The van der Waals surface area contributed by atoms with Crippen LogP contribution in [0.4, 0.5) is 9.18 Å². The van der Waals surface area contributed by atoms with Gasteiger partial charge in [0.1, 0.15) is 30.9 Å². The second kappa shape index (κ2) is 11.3. The number of carbonyl (C=O) groups excluding carboxylic acids is 1. The van der Waals surface area contributed by atoms with E-state index in [0.29, 0.717) is 80.3 Å². The van der Waals surface area contributed by atoms with Gasteiger partial charge in [0.15, 0.2) is 11.5 Å². The van der Waals surface area contributed by atoms with Gasteiger partial charge in [0.05, 0.1) is 24.0 Å². The number of amides is 1. The van der Waals surface area contributed by atoms with Crippen LogP contribution in [0.1, 0.15) is 39.3 Å². The van der Waals surface area contributed by atoms with E-state index in [4.69, 9.17) is 14.2 Å². The number of benzene rings is 1. The minimum atomic E-state index is -0.494. The number of hydrogen-bond donors (Lipinski definition) is 1. The zero-order chi connectivity index (χ0) is 28.4. The lowest BCUT2D eigenvalue weighted by Gasteiger charge is -2.37. The Balaban J connectivity index is 1.17. The summed E-state index contributed by atoms with van der Waals surface area (Å²) in [5.74, 6) is 0.594. The van der Waals surface area contributed by atoms with E-state index in [1.165, 1.54) is 22.8 Å². The molecule has 2 aromatic heterocycles. The molecule has 2 aliphatic heterocycles. The number of piperidine rings is 1. The normalized spacial score (nSPS) is 16.2. The molecule has 0 radical (unpaired) electrons. The number of aromatic hydroxyl groups is 1. The van der Waals surface area contributed by atoms with Crippen LogP contribution in [0.5, 0.6) is 17.2 Å². The van der Waals surface area contributed by atoms with E-state index in [0.717, 1.165) is 6.07 Å². The third kappa shape index (κ3) is 6.14. The Morgan fingerprint density at radius 2 is 1.85 bits per heavy atom. The summed E-state index contributed by atoms with van der Waals surface area (Å²) in [4.78, 5) is 34.1. The molecule has 1 fully saturated rings. The number of carbonyl (C=O) groups is 1. The number of pyridine rings is 2. The molecule has 1 saturated heterocycles. The van der Waals surface area contributed by atoms with Crippen molar-refractivity contribution in [2.45, 2.75) is 58.3 Å². The molecule has 0 spiro atoms. The van der Waals surface area contributed by atoms with Crippen molar-refractivity contribution in [1.29, 1.82) is 0 Å². The fraction of sp³-hybridized carbons (Fsp3) is 0.483. The summed E-state index contributed by atoms with van der Waals surface area (Å²) < 4.78 is 32.5. The zero-order valence-corrected chi connectivity index (χ0v) is 23.1. The number of nitrogens with zero attached hydrogens (tertiary/aromatic N) is 4. The third-order valence-corrected chi connectivity index (χ3v) is 7.33. The number of ether oxygens (including phenoxy) is 3. The molecule has 2 aliphatic rings. The molecule has 10 nitrogen and oxygen atoms in total. The highest BCUT2D eigenvalue weighted by Crippen LogP contribution is 2.31. The quantitative estimate of drug-likeness (QED) is 0.489. The van der Waals surface area contributed by atoms with E-state index in [1.807, 2.05) is 20.8 Å². The number of halogens is 1. The fourth-order valence-corrected chi connectivity index (χ4v) is 5.08. The average Bonchev–Trinajstić information content (AvgIpc) is 2.91. The van der Waals surface area contributed by atoms with E-state index in [1.54, 1.807) is 17.2 Å². The number of likely N-dealkylation sites (tertiary alicyclic amines) is 1. The van der Waals surface area contributed by atoms with Gasteiger partial charge in [-0.05, 0) is 51.8 Å². The standard InChI is InChI=1S/C29H35FN4O6/c1-29(2,3)34(18-20-15-25-26(17-31-20)39-13-12-38-25)28(37)40-21-6-8-32(9-7-21)10-11-33-23-14-19(30)4-5-22(23)24(35)16-27(33)36/h4-5,14-17,21,35H,6-13,18H2,1-3H3. The van der Waals surface area contributed by atoms with Crippen molar-refractivity contribution in [3.05, 3.63) is 58.4 Å². The lowest BCUT2D eigenvalue weighted by Crippen LogP contribution is -2.48. The maximum Gasteiger partial charge on any atom is 0.410 e. The smallest absolute Gasteiger partial charge is 0.410 e. The fourth-order valence-electron chi connectivity index (χ4n) is 5.08. The van der Waals surface area contributed by atoms with E-state index in [-0.39, 0.29) is 24.0 Å². The van der Waals surface area contributed by atoms with Crippen LogP contribution in [-0.2, 0) is 17.8 Å². The molecule has 1 amide bonds. The minimum absolute atomic E-state index is 0.159. The average molecular weight is 555 g/mol. The van der Waals surface area contributed by atoms with Crippen LogP contribution in [0.15, 0.2) is 41.3 Å². The summed E-state index contributed by atoms with van der Waals surface area (Å²) in [5, 5.41) is 10.5. The zero-order valence-electron chi connectivity index (χ0n) is 23.1. The number of hydrogen-bond acceptors (Lipinski definition) is 8. The van der Waals surface area contributed by atoms with Gasteiger partial charge in [-0.25, -0.2) is 9.18 Å². The Morgan fingerprint density at radius 3 is 2.58 bits per heavy atom. The first kappa shape index (κ1) is 27.7. The van der Waals surface area contributed by atoms with Crippen LogP contribution in [0, 0.1) is 5.82 Å². The summed E-state index contributed by atoms with van der Waals surface area (Å²) >= 11 is 0. The van der Waals surface area contributed by atoms with Crippen LogP contribution in [0.3, 0.4) is 0 Å². The maximum absolute atomic E-state index is 13.9. The van der Waals surface area contributed by atoms with E-state index >= 15 is 0 Å². The van der Waals surface area contributed by atoms with Crippen LogP contribution in [-0.4, -0.2) is 75.0 Å². The van der Waals surface area contributed by atoms with E-state index < -0.39 is 17.4 Å². The summed E-state index contributed by atoms with van der Waals surface area (Å²) in [5.41, 5.74) is 0.174. The molecular weight excluding hydrogens is 519 g/mol. The summed E-state index contributed by atoms with van der Waals surface area (Å²) in [6, 6.07) is 6.96. The van der Waals surface area contributed by atoms with Gasteiger partial charge < -0.3 is 28.8 Å². The number of fused-ring (bicyclic) bond motifs is 2.